The van der Waals surface area contributed by atoms with Crippen LogP contribution in [-0.2, 0) is 6.18 Å². The molecule has 2 heterocycles. The van der Waals surface area contributed by atoms with Crippen molar-refractivity contribution in [1.29, 1.82) is 0 Å². The minimum atomic E-state index is -4.56. The number of hydrogen-bond donors (Lipinski definition) is 2. The van der Waals surface area contributed by atoms with Crippen LogP contribution in [-0.4, -0.2) is 15.9 Å². The Morgan fingerprint density at radius 2 is 1.88 bits per heavy atom. The smallest absolute Gasteiger partial charge is 0.360 e. The number of nitrogens with zero attached hydrogens (tertiary/aromatic N) is 1. The van der Waals surface area contributed by atoms with Gasteiger partial charge in [-0.05, 0) is 24.3 Å². The minimum Gasteiger partial charge on any atom is -0.360 e. The number of halogens is 3. The number of para-hydroxylation sites is 1. The van der Waals surface area contributed by atoms with Gasteiger partial charge in [0.05, 0.1) is 11.9 Å². The quantitative estimate of drug-likeness (QED) is 0.756. The number of hydrogen-bond acceptors (Lipinski definition) is 3. The van der Waals surface area contributed by atoms with Gasteiger partial charge in [0.1, 0.15) is 11.3 Å². The van der Waals surface area contributed by atoms with Crippen LogP contribution in [0, 0.1) is 0 Å². The van der Waals surface area contributed by atoms with E-state index in [0.29, 0.717) is 10.9 Å². The third-order valence-corrected chi connectivity index (χ3v) is 3.34. The number of pyridine rings is 2. The maximum atomic E-state index is 12.5. The van der Waals surface area contributed by atoms with Gasteiger partial charge in [-0.2, -0.15) is 13.2 Å². The van der Waals surface area contributed by atoms with Crippen LogP contribution in [0.2, 0.25) is 0 Å². The van der Waals surface area contributed by atoms with Crippen LogP contribution < -0.4 is 10.7 Å². The lowest BCUT2D eigenvalue weighted by molar-refractivity contribution is -0.141. The van der Waals surface area contributed by atoms with Crippen molar-refractivity contribution in [3.63, 3.8) is 0 Å². The molecule has 2 N–H and O–H groups in total. The van der Waals surface area contributed by atoms with Gasteiger partial charge in [0.15, 0.2) is 0 Å². The predicted octanol–water partition coefficient (Wildman–Crippen LogP) is 3.19. The van der Waals surface area contributed by atoms with Gasteiger partial charge in [-0.3, -0.25) is 9.59 Å². The molecule has 3 aromatic rings. The zero-order valence-corrected chi connectivity index (χ0v) is 12.0. The van der Waals surface area contributed by atoms with Crippen LogP contribution in [0.15, 0.2) is 53.6 Å². The van der Waals surface area contributed by atoms with Crippen molar-refractivity contribution >= 4 is 22.5 Å². The lowest BCUT2D eigenvalue weighted by Crippen LogP contribution is -2.22. The standard InChI is InChI=1S/C16H10F3N3O2/c17-16(18,19)13-6-5-9(7-21-13)22-15(24)11-8-20-12-4-2-1-3-10(12)14(11)23/h1-8H,(H,20,23)(H,22,24). The van der Waals surface area contributed by atoms with E-state index in [1.165, 1.54) is 6.20 Å². The van der Waals surface area contributed by atoms with E-state index in [4.69, 9.17) is 0 Å². The SMILES string of the molecule is O=C(Nc1ccc(C(F)(F)F)nc1)c1c[nH]c2ccccc2c1=O. The van der Waals surface area contributed by atoms with Crippen LogP contribution in [0.4, 0.5) is 18.9 Å². The number of aromatic nitrogens is 2. The second-order valence-corrected chi connectivity index (χ2v) is 4.96. The topological polar surface area (TPSA) is 74.8 Å². The van der Waals surface area contributed by atoms with Gasteiger partial charge in [-0.25, -0.2) is 4.98 Å². The van der Waals surface area contributed by atoms with E-state index in [2.05, 4.69) is 15.3 Å². The number of rotatable bonds is 2. The van der Waals surface area contributed by atoms with E-state index in [0.717, 1.165) is 18.3 Å². The normalized spacial score (nSPS) is 11.5. The van der Waals surface area contributed by atoms with Gasteiger partial charge in [-0.15, -0.1) is 0 Å². The summed E-state index contributed by atoms with van der Waals surface area (Å²) >= 11 is 0. The first-order valence-electron chi connectivity index (χ1n) is 6.81. The van der Waals surface area contributed by atoms with Gasteiger partial charge in [-0.1, -0.05) is 12.1 Å². The van der Waals surface area contributed by atoms with Gasteiger partial charge in [0.25, 0.3) is 5.91 Å². The number of amides is 1. The fraction of sp³-hybridized carbons (Fsp3) is 0.0625. The van der Waals surface area contributed by atoms with Crippen LogP contribution >= 0.6 is 0 Å². The highest BCUT2D eigenvalue weighted by atomic mass is 19.4. The third-order valence-electron chi connectivity index (χ3n) is 3.34. The molecule has 0 fully saturated rings. The first-order valence-corrected chi connectivity index (χ1v) is 6.81. The molecule has 0 aliphatic heterocycles. The van der Waals surface area contributed by atoms with Gasteiger partial charge in [0.2, 0.25) is 5.43 Å². The number of carbonyl (C=O) groups is 1. The monoisotopic (exact) mass is 333 g/mol. The number of nitrogens with one attached hydrogen (secondary N) is 2. The minimum absolute atomic E-state index is 0.0561. The Balaban J connectivity index is 1.88. The van der Waals surface area contributed by atoms with Crippen molar-refractivity contribution in [3.8, 4) is 0 Å². The molecule has 0 saturated carbocycles. The van der Waals surface area contributed by atoms with E-state index in [1.807, 2.05) is 0 Å². The van der Waals surface area contributed by atoms with Crippen molar-refractivity contribution in [3.05, 3.63) is 70.3 Å². The Hall–Kier alpha value is -3.16. The molecule has 5 nitrogen and oxygen atoms in total. The first-order chi connectivity index (χ1) is 11.4. The largest absolute Gasteiger partial charge is 0.433 e. The molecule has 0 bridgehead atoms. The predicted molar refractivity (Wildman–Crippen MR) is 81.8 cm³/mol. The highest BCUT2D eigenvalue weighted by Gasteiger charge is 2.32. The summed E-state index contributed by atoms with van der Waals surface area (Å²) in [6, 6.07) is 8.50. The second-order valence-electron chi connectivity index (χ2n) is 4.96. The summed E-state index contributed by atoms with van der Waals surface area (Å²) in [6.45, 7) is 0. The summed E-state index contributed by atoms with van der Waals surface area (Å²) < 4.78 is 37.4. The Kier molecular flexibility index (Phi) is 3.80. The molecule has 0 atom stereocenters. The molecular formula is C16H10F3N3O2. The average molecular weight is 333 g/mol. The number of fused-ring (bicyclic) bond motifs is 1. The van der Waals surface area contributed by atoms with Crippen LogP contribution in [0.5, 0.6) is 0 Å². The molecule has 3 rings (SSSR count). The van der Waals surface area contributed by atoms with Crippen molar-refractivity contribution in [2.45, 2.75) is 6.18 Å². The Bertz CT molecular complexity index is 963. The summed E-state index contributed by atoms with van der Waals surface area (Å²) in [6.07, 6.45) is -2.41. The van der Waals surface area contributed by atoms with Gasteiger partial charge in [0, 0.05) is 17.1 Å². The highest BCUT2D eigenvalue weighted by molar-refractivity contribution is 6.05. The summed E-state index contributed by atoms with van der Waals surface area (Å²) in [4.78, 5) is 30.6. The van der Waals surface area contributed by atoms with Crippen molar-refractivity contribution in [1.82, 2.24) is 9.97 Å². The van der Waals surface area contributed by atoms with Crippen molar-refractivity contribution < 1.29 is 18.0 Å². The lowest BCUT2D eigenvalue weighted by atomic mass is 10.1. The molecular weight excluding hydrogens is 323 g/mol. The average Bonchev–Trinajstić information content (AvgIpc) is 2.55. The highest BCUT2D eigenvalue weighted by Crippen LogP contribution is 2.27. The van der Waals surface area contributed by atoms with Gasteiger partial charge >= 0.3 is 6.18 Å². The fourth-order valence-corrected chi connectivity index (χ4v) is 2.17. The van der Waals surface area contributed by atoms with E-state index in [-0.39, 0.29) is 11.3 Å². The molecule has 8 heteroatoms. The number of benzene rings is 1. The molecule has 0 radical (unpaired) electrons. The van der Waals surface area contributed by atoms with Crippen molar-refractivity contribution in [2.75, 3.05) is 5.32 Å². The summed E-state index contributed by atoms with van der Waals surface area (Å²) in [5.74, 6) is -0.733. The molecule has 1 aromatic carbocycles. The maximum absolute atomic E-state index is 12.5. The first kappa shape index (κ1) is 15.7. The molecule has 0 aliphatic rings. The van der Waals surface area contributed by atoms with Gasteiger partial charge < -0.3 is 10.3 Å². The third kappa shape index (κ3) is 2.98. The van der Waals surface area contributed by atoms with Crippen molar-refractivity contribution in [2.24, 2.45) is 0 Å². The molecule has 1 amide bonds. The molecule has 122 valence electrons. The second kappa shape index (κ2) is 5.80. The van der Waals surface area contributed by atoms with E-state index in [1.54, 1.807) is 24.3 Å². The van der Waals surface area contributed by atoms with Crippen LogP contribution in [0.25, 0.3) is 10.9 Å². The lowest BCUT2D eigenvalue weighted by Gasteiger charge is -2.08. The molecule has 0 aliphatic carbocycles. The summed E-state index contributed by atoms with van der Waals surface area (Å²) in [7, 11) is 0. The Morgan fingerprint density at radius 3 is 2.54 bits per heavy atom. The van der Waals surface area contributed by atoms with E-state index >= 15 is 0 Å². The fourth-order valence-electron chi connectivity index (χ4n) is 2.17. The summed E-state index contributed by atoms with van der Waals surface area (Å²) in [5, 5.41) is 2.70. The maximum Gasteiger partial charge on any atom is 0.433 e. The van der Waals surface area contributed by atoms with Crippen LogP contribution in [0.3, 0.4) is 0 Å². The molecule has 24 heavy (non-hydrogen) atoms. The van der Waals surface area contributed by atoms with E-state index < -0.39 is 23.2 Å². The number of H-pyrrole nitrogens is 1. The number of carbonyl (C=O) groups excluding carboxylic acids is 1. The van der Waals surface area contributed by atoms with Crippen LogP contribution in [0.1, 0.15) is 16.1 Å². The molecule has 2 aromatic heterocycles. The summed E-state index contributed by atoms with van der Waals surface area (Å²) in [5.41, 5.74) is -1.05. The Labute approximate surface area is 133 Å². The molecule has 0 unspecified atom stereocenters. The number of anilines is 1. The Morgan fingerprint density at radius 1 is 1.12 bits per heavy atom. The number of alkyl halides is 3. The molecule has 0 spiro atoms. The zero-order valence-electron chi connectivity index (χ0n) is 12.0. The molecule has 0 saturated heterocycles. The number of aromatic amines is 1. The van der Waals surface area contributed by atoms with E-state index in [9.17, 15) is 22.8 Å². The zero-order chi connectivity index (χ0) is 17.3.